The third-order valence-electron chi connectivity index (χ3n) is 3.24. The summed E-state index contributed by atoms with van der Waals surface area (Å²) in [6.45, 7) is 5.32. The van der Waals surface area contributed by atoms with Gasteiger partial charge in [0.2, 0.25) is 0 Å². The zero-order valence-electron chi connectivity index (χ0n) is 12.4. The van der Waals surface area contributed by atoms with Gasteiger partial charge in [0.1, 0.15) is 0 Å². The fourth-order valence-electron chi connectivity index (χ4n) is 2.12. The van der Waals surface area contributed by atoms with E-state index < -0.39 is 0 Å². The number of ether oxygens (including phenoxy) is 2. The number of benzene rings is 1. The minimum Gasteiger partial charge on any atom is -0.382 e. The lowest BCUT2D eigenvalue weighted by Gasteiger charge is -2.17. The molecule has 0 saturated heterocycles. The average molecular weight is 265 g/mol. The number of nitrogens with one attached hydrogen (secondary N) is 1. The molecule has 1 unspecified atom stereocenters. The number of rotatable bonds is 10. The van der Waals surface area contributed by atoms with E-state index in [4.69, 9.17) is 9.47 Å². The third-order valence-corrected chi connectivity index (χ3v) is 3.24. The van der Waals surface area contributed by atoms with Crippen molar-refractivity contribution in [2.45, 2.75) is 19.8 Å². The maximum atomic E-state index is 5.55. The molecule has 1 aromatic rings. The van der Waals surface area contributed by atoms with Gasteiger partial charge in [0, 0.05) is 13.7 Å². The number of methoxy groups -OCH3 is 1. The first-order valence-corrected chi connectivity index (χ1v) is 7.03. The van der Waals surface area contributed by atoms with Crippen molar-refractivity contribution < 1.29 is 9.47 Å². The normalized spacial score (nSPS) is 12.6. The van der Waals surface area contributed by atoms with Gasteiger partial charge in [-0.05, 0) is 44.8 Å². The van der Waals surface area contributed by atoms with Gasteiger partial charge in [-0.15, -0.1) is 0 Å². The maximum absolute atomic E-state index is 5.55. The molecule has 0 aliphatic rings. The van der Waals surface area contributed by atoms with Gasteiger partial charge in [0.05, 0.1) is 13.2 Å². The Labute approximate surface area is 117 Å². The molecule has 0 aliphatic heterocycles. The Hall–Kier alpha value is -0.900. The summed E-state index contributed by atoms with van der Waals surface area (Å²) >= 11 is 0. The van der Waals surface area contributed by atoms with Crippen molar-refractivity contribution in [2.24, 2.45) is 5.92 Å². The van der Waals surface area contributed by atoms with Crippen LogP contribution in [0.4, 0.5) is 0 Å². The molecule has 3 heteroatoms. The van der Waals surface area contributed by atoms with Gasteiger partial charge < -0.3 is 14.8 Å². The molecule has 0 spiro atoms. The zero-order chi connectivity index (χ0) is 13.9. The Bertz CT molecular complexity index is 324. The van der Waals surface area contributed by atoms with Crippen LogP contribution in [0.3, 0.4) is 0 Å². The average Bonchev–Trinajstić information content (AvgIpc) is 2.41. The summed E-state index contributed by atoms with van der Waals surface area (Å²) in [7, 11) is 3.71. The van der Waals surface area contributed by atoms with E-state index in [0.717, 1.165) is 26.0 Å². The van der Waals surface area contributed by atoms with E-state index >= 15 is 0 Å². The summed E-state index contributed by atoms with van der Waals surface area (Å²) in [5.41, 5.74) is 2.72. The van der Waals surface area contributed by atoms with Gasteiger partial charge in [0.25, 0.3) is 0 Å². The predicted octanol–water partition coefficient (Wildman–Crippen LogP) is 2.43. The Morgan fingerprint density at radius 1 is 1.11 bits per heavy atom. The molecule has 1 atom stereocenters. The van der Waals surface area contributed by atoms with Crippen LogP contribution >= 0.6 is 0 Å². The molecule has 0 aromatic heterocycles. The first-order chi connectivity index (χ1) is 9.26. The summed E-state index contributed by atoms with van der Waals surface area (Å²) < 4.78 is 10.5. The van der Waals surface area contributed by atoms with Gasteiger partial charge in [-0.25, -0.2) is 0 Å². The van der Waals surface area contributed by atoms with E-state index in [2.05, 4.69) is 36.5 Å². The highest BCUT2D eigenvalue weighted by Gasteiger charge is 2.09. The monoisotopic (exact) mass is 265 g/mol. The van der Waals surface area contributed by atoms with E-state index in [1.807, 2.05) is 7.05 Å². The van der Waals surface area contributed by atoms with E-state index in [1.54, 1.807) is 7.11 Å². The number of aryl methyl sites for hydroxylation is 1. The second-order valence-electron chi connectivity index (χ2n) is 5.01. The van der Waals surface area contributed by atoms with Crippen molar-refractivity contribution in [1.82, 2.24) is 5.32 Å². The van der Waals surface area contributed by atoms with Crippen molar-refractivity contribution in [1.29, 1.82) is 0 Å². The molecule has 3 nitrogen and oxygen atoms in total. The highest BCUT2D eigenvalue weighted by Crippen LogP contribution is 2.13. The van der Waals surface area contributed by atoms with Crippen molar-refractivity contribution in [3.8, 4) is 0 Å². The summed E-state index contributed by atoms with van der Waals surface area (Å²) in [5, 5.41) is 3.27. The van der Waals surface area contributed by atoms with E-state index in [9.17, 15) is 0 Å². The molecular formula is C16H27NO2. The van der Waals surface area contributed by atoms with Crippen LogP contribution in [0.1, 0.15) is 17.5 Å². The molecule has 0 aliphatic carbocycles. The van der Waals surface area contributed by atoms with Crippen molar-refractivity contribution in [3.63, 3.8) is 0 Å². The topological polar surface area (TPSA) is 30.5 Å². The molecule has 1 rings (SSSR count). The molecule has 1 N–H and O–H groups in total. The SMILES string of the molecule is CNCC(CCOCCOC)Cc1ccc(C)cc1. The molecule has 0 radical (unpaired) electrons. The van der Waals surface area contributed by atoms with Crippen molar-refractivity contribution in [3.05, 3.63) is 35.4 Å². The molecule has 1 aromatic carbocycles. The molecular weight excluding hydrogens is 238 g/mol. The molecule has 0 saturated carbocycles. The van der Waals surface area contributed by atoms with E-state index in [-0.39, 0.29) is 0 Å². The fraction of sp³-hybridized carbons (Fsp3) is 0.625. The highest BCUT2D eigenvalue weighted by molar-refractivity contribution is 5.21. The second-order valence-corrected chi connectivity index (χ2v) is 5.01. The Balaban J connectivity index is 2.33. The van der Waals surface area contributed by atoms with Gasteiger partial charge >= 0.3 is 0 Å². The highest BCUT2D eigenvalue weighted by atomic mass is 16.5. The largest absolute Gasteiger partial charge is 0.382 e. The summed E-state index contributed by atoms with van der Waals surface area (Å²) in [6.07, 6.45) is 2.19. The van der Waals surface area contributed by atoms with Gasteiger partial charge in [-0.2, -0.15) is 0 Å². The van der Waals surface area contributed by atoms with Crippen LogP contribution in [0.25, 0.3) is 0 Å². The summed E-state index contributed by atoms with van der Waals surface area (Å²) in [4.78, 5) is 0. The van der Waals surface area contributed by atoms with Crippen molar-refractivity contribution in [2.75, 3.05) is 40.5 Å². The Morgan fingerprint density at radius 3 is 2.47 bits per heavy atom. The second kappa shape index (κ2) is 9.96. The minimum absolute atomic E-state index is 0.621. The third kappa shape index (κ3) is 7.31. The van der Waals surface area contributed by atoms with E-state index in [1.165, 1.54) is 11.1 Å². The molecule has 0 heterocycles. The molecule has 108 valence electrons. The van der Waals surface area contributed by atoms with Crippen LogP contribution in [0.2, 0.25) is 0 Å². The van der Waals surface area contributed by atoms with Crippen LogP contribution in [0, 0.1) is 12.8 Å². The first-order valence-electron chi connectivity index (χ1n) is 7.03. The van der Waals surface area contributed by atoms with Gasteiger partial charge in [0.15, 0.2) is 0 Å². The summed E-state index contributed by atoms with van der Waals surface area (Å²) in [6, 6.07) is 8.81. The predicted molar refractivity (Wildman–Crippen MR) is 79.6 cm³/mol. The molecule has 0 fully saturated rings. The lowest BCUT2D eigenvalue weighted by molar-refractivity contribution is 0.0637. The summed E-state index contributed by atoms with van der Waals surface area (Å²) in [5.74, 6) is 0.621. The first kappa shape index (κ1) is 16.2. The van der Waals surface area contributed by atoms with Crippen LogP contribution in [0.5, 0.6) is 0 Å². The fourth-order valence-corrected chi connectivity index (χ4v) is 2.12. The quantitative estimate of drug-likeness (QED) is 0.659. The smallest absolute Gasteiger partial charge is 0.0700 e. The maximum Gasteiger partial charge on any atom is 0.0700 e. The van der Waals surface area contributed by atoms with Crippen LogP contribution in [-0.2, 0) is 15.9 Å². The zero-order valence-corrected chi connectivity index (χ0v) is 12.4. The van der Waals surface area contributed by atoms with Crippen LogP contribution < -0.4 is 5.32 Å². The van der Waals surface area contributed by atoms with E-state index in [0.29, 0.717) is 19.1 Å². The standard InChI is InChI=1S/C16H27NO2/c1-14-4-6-15(7-5-14)12-16(13-17-2)8-9-19-11-10-18-3/h4-7,16-17H,8-13H2,1-3H3. The van der Waals surface area contributed by atoms with Crippen molar-refractivity contribution >= 4 is 0 Å². The van der Waals surface area contributed by atoms with Gasteiger partial charge in [-0.3, -0.25) is 0 Å². The number of hydrogen-bond donors (Lipinski definition) is 1. The Kier molecular flexibility index (Phi) is 8.47. The van der Waals surface area contributed by atoms with Crippen LogP contribution in [-0.4, -0.2) is 40.5 Å². The minimum atomic E-state index is 0.621. The van der Waals surface area contributed by atoms with Crippen LogP contribution in [0.15, 0.2) is 24.3 Å². The number of hydrogen-bond acceptors (Lipinski definition) is 3. The lowest BCUT2D eigenvalue weighted by Crippen LogP contribution is -2.22. The Morgan fingerprint density at radius 2 is 1.84 bits per heavy atom. The molecule has 19 heavy (non-hydrogen) atoms. The lowest BCUT2D eigenvalue weighted by atomic mass is 9.96. The molecule has 0 amide bonds. The van der Waals surface area contributed by atoms with Gasteiger partial charge in [-0.1, -0.05) is 29.8 Å². The molecule has 0 bridgehead atoms.